The second-order valence-electron chi connectivity index (χ2n) is 11.2. The maximum absolute atomic E-state index is 13.5. The first-order valence-corrected chi connectivity index (χ1v) is 12.3. The highest BCUT2D eigenvalue weighted by Gasteiger charge is 2.68. The summed E-state index contributed by atoms with van der Waals surface area (Å²) in [5.41, 5.74) is -0.442. The van der Waals surface area contributed by atoms with E-state index in [1.54, 1.807) is 12.2 Å². The second kappa shape index (κ2) is 7.64. The highest BCUT2D eigenvalue weighted by atomic mass is 16.3. The minimum absolute atomic E-state index is 0.00595. The number of allylic oxidation sites excluding steroid dienone is 4. The van der Waals surface area contributed by atoms with Gasteiger partial charge in [0.1, 0.15) is 5.60 Å². The Bertz CT molecular complexity index is 1030. The summed E-state index contributed by atoms with van der Waals surface area (Å²) in [5.74, 6) is 0.0366. The van der Waals surface area contributed by atoms with Gasteiger partial charge < -0.3 is 15.5 Å². The maximum Gasteiger partial charge on any atom is 0.253 e. The summed E-state index contributed by atoms with van der Waals surface area (Å²) in [5, 5.41) is 26.4. The van der Waals surface area contributed by atoms with Gasteiger partial charge in [0.25, 0.3) is 5.91 Å². The molecule has 0 aliphatic heterocycles. The van der Waals surface area contributed by atoms with Crippen molar-refractivity contribution in [3.05, 3.63) is 59.7 Å². The minimum Gasteiger partial charge on any atom is -0.393 e. The topological polar surface area (TPSA) is 86.6 Å². The molecule has 5 rings (SSSR count). The molecule has 4 aliphatic carbocycles. The predicted octanol–water partition coefficient (Wildman–Crippen LogP) is 3.87. The third-order valence-corrected chi connectivity index (χ3v) is 9.67. The Morgan fingerprint density at radius 2 is 1.91 bits per heavy atom. The predicted molar refractivity (Wildman–Crippen MR) is 126 cm³/mol. The van der Waals surface area contributed by atoms with Gasteiger partial charge in [-0.1, -0.05) is 55.8 Å². The summed E-state index contributed by atoms with van der Waals surface area (Å²) < 4.78 is 0. The molecule has 8 atom stereocenters. The van der Waals surface area contributed by atoms with E-state index >= 15 is 0 Å². The number of hydrogen-bond donors (Lipinski definition) is 3. The van der Waals surface area contributed by atoms with Gasteiger partial charge in [-0.2, -0.15) is 0 Å². The molecule has 0 spiro atoms. The maximum atomic E-state index is 13.5. The number of nitrogens with one attached hydrogen (secondary N) is 1. The molecule has 0 heterocycles. The van der Waals surface area contributed by atoms with Crippen LogP contribution in [0.3, 0.4) is 0 Å². The molecule has 5 heteroatoms. The zero-order valence-electron chi connectivity index (χ0n) is 19.8. The molecular formula is C28H35NO4. The van der Waals surface area contributed by atoms with Crippen LogP contribution in [0.4, 0.5) is 0 Å². The molecule has 0 radical (unpaired) electrons. The zero-order chi connectivity index (χ0) is 23.6. The van der Waals surface area contributed by atoms with Crippen LogP contribution in [0.25, 0.3) is 0 Å². The molecule has 0 aromatic heterocycles. The van der Waals surface area contributed by atoms with Gasteiger partial charge in [0.2, 0.25) is 0 Å². The number of fused-ring (bicyclic) bond motifs is 5. The molecule has 1 aromatic rings. The van der Waals surface area contributed by atoms with Crippen molar-refractivity contribution in [2.24, 2.45) is 28.6 Å². The van der Waals surface area contributed by atoms with Crippen molar-refractivity contribution in [2.45, 2.75) is 70.6 Å². The molecule has 0 saturated heterocycles. The molecular weight excluding hydrogens is 414 g/mol. The molecule has 5 nitrogen and oxygen atoms in total. The lowest BCUT2D eigenvalue weighted by molar-refractivity contribution is -0.178. The smallest absolute Gasteiger partial charge is 0.253 e. The normalized spacial score (nSPS) is 42.6. The van der Waals surface area contributed by atoms with Gasteiger partial charge in [-0.15, -0.1) is 0 Å². The van der Waals surface area contributed by atoms with Crippen LogP contribution in [0.2, 0.25) is 0 Å². The zero-order valence-corrected chi connectivity index (χ0v) is 19.8. The highest BCUT2D eigenvalue weighted by molar-refractivity contribution is 6.01. The van der Waals surface area contributed by atoms with Gasteiger partial charge in [-0.25, -0.2) is 0 Å². The van der Waals surface area contributed by atoms with E-state index in [-0.39, 0.29) is 40.9 Å². The lowest BCUT2D eigenvalue weighted by atomic mass is 9.46. The van der Waals surface area contributed by atoms with E-state index in [9.17, 15) is 19.8 Å². The monoisotopic (exact) mass is 449 g/mol. The Hall–Kier alpha value is -2.24. The van der Waals surface area contributed by atoms with Crippen molar-refractivity contribution in [1.29, 1.82) is 0 Å². The summed E-state index contributed by atoms with van der Waals surface area (Å²) in [4.78, 5) is 25.5. The van der Waals surface area contributed by atoms with E-state index in [2.05, 4.69) is 12.2 Å². The van der Waals surface area contributed by atoms with Gasteiger partial charge in [-0.05, 0) is 68.6 Å². The molecule has 3 fully saturated rings. The first-order chi connectivity index (χ1) is 15.6. The van der Waals surface area contributed by atoms with Crippen molar-refractivity contribution in [2.75, 3.05) is 0 Å². The Morgan fingerprint density at radius 3 is 2.64 bits per heavy atom. The number of hydrogen-bond acceptors (Lipinski definition) is 4. The summed E-state index contributed by atoms with van der Waals surface area (Å²) >= 11 is 0. The van der Waals surface area contributed by atoms with Crippen LogP contribution in [0.5, 0.6) is 0 Å². The molecule has 0 bridgehead atoms. The largest absolute Gasteiger partial charge is 0.393 e. The number of amides is 1. The van der Waals surface area contributed by atoms with Crippen LogP contribution in [0, 0.1) is 28.6 Å². The molecule has 176 valence electrons. The number of carbonyl (C=O) groups excluding carboxylic acids is 2. The summed E-state index contributed by atoms with van der Waals surface area (Å²) in [6.45, 7) is 6.08. The number of rotatable bonds is 3. The molecule has 4 aliphatic rings. The van der Waals surface area contributed by atoms with E-state index < -0.39 is 17.1 Å². The number of benzene rings is 1. The summed E-state index contributed by atoms with van der Waals surface area (Å²) in [6, 6.07) is 9.56. The first-order valence-electron chi connectivity index (χ1n) is 12.3. The Kier molecular flexibility index (Phi) is 5.22. The van der Waals surface area contributed by atoms with Crippen molar-refractivity contribution in [1.82, 2.24) is 5.32 Å². The molecule has 1 aromatic carbocycles. The Morgan fingerprint density at radius 1 is 1.18 bits per heavy atom. The fraction of sp³-hybridized carbons (Fsp3) is 0.571. The minimum atomic E-state index is -1.51. The van der Waals surface area contributed by atoms with E-state index in [1.165, 1.54) is 0 Å². The van der Waals surface area contributed by atoms with Gasteiger partial charge in [0, 0.05) is 16.7 Å². The van der Waals surface area contributed by atoms with Crippen LogP contribution < -0.4 is 5.32 Å². The first kappa shape index (κ1) is 22.5. The Labute approximate surface area is 196 Å². The van der Waals surface area contributed by atoms with Crippen LogP contribution in [-0.4, -0.2) is 33.6 Å². The number of aliphatic hydroxyl groups excluding tert-OH is 1. The Balaban J connectivity index is 1.43. The van der Waals surface area contributed by atoms with E-state index in [0.29, 0.717) is 12.8 Å². The quantitative estimate of drug-likeness (QED) is 0.654. The van der Waals surface area contributed by atoms with Gasteiger partial charge in [0.05, 0.1) is 12.1 Å². The van der Waals surface area contributed by atoms with Crippen molar-refractivity contribution >= 4 is 11.7 Å². The average Bonchev–Trinajstić information content (AvgIpc) is 3.06. The second-order valence-corrected chi connectivity index (χ2v) is 11.2. The molecule has 1 amide bonds. The SMILES string of the molecule is C[C@@H](NC(=O)[C@@]1(O)CCC2C3CCC4=CC(=O)C=CC4(C)C3C(O)CC21C)c1ccccc1. The van der Waals surface area contributed by atoms with Crippen LogP contribution >= 0.6 is 0 Å². The van der Waals surface area contributed by atoms with Crippen molar-refractivity contribution in [3.8, 4) is 0 Å². The van der Waals surface area contributed by atoms with E-state index in [1.807, 2.05) is 50.3 Å². The fourth-order valence-electron chi connectivity index (χ4n) is 7.84. The van der Waals surface area contributed by atoms with Crippen molar-refractivity contribution in [3.63, 3.8) is 0 Å². The van der Waals surface area contributed by atoms with E-state index in [4.69, 9.17) is 0 Å². The summed E-state index contributed by atoms with van der Waals surface area (Å²) in [7, 11) is 0. The van der Waals surface area contributed by atoms with Crippen molar-refractivity contribution < 1.29 is 19.8 Å². The van der Waals surface area contributed by atoms with Crippen LogP contribution in [-0.2, 0) is 9.59 Å². The number of carbonyl (C=O) groups is 2. The van der Waals surface area contributed by atoms with E-state index in [0.717, 1.165) is 30.4 Å². The third-order valence-electron chi connectivity index (χ3n) is 9.67. The summed E-state index contributed by atoms with van der Waals surface area (Å²) in [6.07, 6.45) is 7.99. The van der Waals surface area contributed by atoms with Crippen LogP contribution in [0.15, 0.2) is 54.1 Å². The number of aliphatic hydroxyl groups is 2. The molecule has 6 unspecified atom stereocenters. The fourth-order valence-corrected chi connectivity index (χ4v) is 7.84. The van der Waals surface area contributed by atoms with Crippen LogP contribution in [0.1, 0.15) is 64.5 Å². The molecule has 33 heavy (non-hydrogen) atoms. The molecule has 3 N–H and O–H groups in total. The third kappa shape index (κ3) is 3.19. The average molecular weight is 450 g/mol. The van der Waals surface area contributed by atoms with Gasteiger partial charge >= 0.3 is 0 Å². The lowest BCUT2D eigenvalue weighted by Crippen LogP contribution is -2.63. The number of ketones is 1. The lowest BCUT2D eigenvalue weighted by Gasteiger charge is -2.59. The van der Waals surface area contributed by atoms with Gasteiger partial charge in [-0.3, -0.25) is 9.59 Å². The van der Waals surface area contributed by atoms with Gasteiger partial charge in [0.15, 0.2) is 5.78 Å². The standard InChI is InChI=1S/C28H35NO4/c1-17(18-7-5-4-6-8-18)29-25(32)28(33)14-12-22-21-10-9-19-15-20(30)11-13-26(19,2)24(21)23(31)16-27(22,28)3/h4-8,11,13,15,17,21-24,31,33H,9-10,12,14,16H2,1-3H3,(H,29,32)/t17-,21?,22?,23?,24?,26?,27?,28+/m1/s1. The molecule has 3 saturated carbocycles. The highest BCUT2D eigenvalue weighted by Crippen LogP contribution is 2.67.